The van der Waals surface area contributed by atoms with Crippen LogP contribution in [0.4, 0.5) is 23.0 Å². The van der Waals surface area contributed by atoms with E-state index in [9.17, 15) is 9.59 Å². The molecule has 0 aliphatic carbocycles. The van der Waals surface area contributed by atoms with Crippen LogP contribution in [-0.2, 0) is 9.59 Å². The lowest BCUT2D eigenvalue weighted by molar-refractivity contribution is -0.136. The van der Waals surface area contributed by atoms with E-state index in [0.717, 1.165) is 26.2 Å². The van der Waals surface area contributed by atoms with Crippen LogP contribution in [0.1, 0.15) is 0 Å². The molecule has 11 nitrogen and oxygen atoms in total. The highest BCUT2D eigenvalue weighted by molar-refractivity contribution is 5.91. The first-order valence-electron chi connectivity index (χ1n) is 10.3. The number of carbonyl (C=O) groups is 2. The Kier molecular flexibility index (Phi) is 8.20. The number of piperazine rings is 1. The minimum atomic E-state index is -0.347. The van der Waals surface area contributed by atoms with Crippen LogP contribution in [0.2, 0.25) is 0 Å². The monoisotopic (exact) mass is 440 g/mol. The number of likely N-dealkylation sites (N-methyl/N-ethyl adjacent to an activating group) is 2. The van der Waals surface area contributed by atoms with E-state index in [2.05, 4.69) is 42.7 Å². The lowest BCUT2D eigenvalue weighted by atomic mass is 10.3. The number of benzene rings is 1. The Morgan fingerprint density at radius 3 is 2.53 bits per heavy atom. The zero-order chi connectivity index (χ0) is 22.9. The van der Waals surface area contributed by atoms with Crippen molar-refractivity contribution < 1.29 is 14.3 Å². The number of para-hydroxylation sites is 1. The van der Waals surface area contributed by atoms with Gasteiger partial charge in [0, 0.05) is 26.2 Å². The minimum absolute atomic E-state index is 0.112. The van der Waals surface area contributed by atoms with Crippen LogP contribution >= 0.6 is 0 Å². The second-order valence-electron chi connectivity index (χ2n) is 7.40. The number of nitrogens with zero attached hydrogens (tertiary/aromatic N) is 5. The molecule has 1 aliphatic heterocycles. The van der Waals surface area contributed by atoms with Crippen molar-refractivity contribution in [1.82, 2.24) is 20.1 Å². The van der Waals surface area contributed by atoms with Crippen molar-refractivity contribution in [1.29, 1.82) is 0 Å². The Hall–Kier alpha value is -3.41. The Morgan fingerprint density at radius 2 is 1.81 bits per heavy atom. The largest absolute Gasteiger partial charge is 0.423 e. The highest BCUT2D eigenvalue weighted by Gasteiger charge is 2.18. The number of ether oxygens (including phenoxy) is 1. The average molecular weight is 441 g/mol. The molecule has 1 amide bonds. The van der Waals surface area contributed by atoms with Gasteiger partial charge in [0.05, 0.1) is 13.1 Å². The second kappa shape index (κ2) is 11.3. The average Bonchev–Trinajstić information content (AvgIpc) is 2.76. The molecule has 1 fully saturated rings. The van der Waals surface area contributed by atoms with Gasteiger partial charge in [0.1, 0.15) is 17.2 Å². The molecule has 3 rings (SSSR count). The topological polar surface area (TPSA) is 138 Å². The van der Waals surface area contributed by atoms with Crippen molar-refractivity contribution in [3.63, 3.8) is 0 Å². The standard InChI is InChI=1S/C21H28N8O3/c1-23-13-19(30)24-18-8-7-16(21(22)25-18)27-26-15-5-3-4-6-17(15)32-20(31)14-29-11-9-28(2)10-12-29/h3-8,23H,9-14H2,1-2H3,(H3,22,24,25,30). The first-order valence-corrected chi connectivity index (χ1v) is 10.3. The van der Waals surface area contributed by atoms with Crippen LogP contribution in [-0.4, -0.2) is 80.0 Å². The maximum atomic E-state index is 12.4. The predicted molar refractivity (Wildman–Crippen MR) is 121 cm³/mol. The summed E-state index contributed by atoms with van der Waals surface area (Å²) in [7, 11) is 3.74. The van der Waals surface area contributed by atoms with Crippen molar-refractivity contribution in [3.8, 4) is 5.75 Å². The molecule has 1 aromatic heterocycles. The molecule has 11 heteroatoms. The van der Waals surface area contributed by atoms with E-state index < -0.39 is 0 Å². The van der Waals surface area contributed by atoms with Gasteiger partial charge in [-0.25, -0.2) is 4.98 Å². The quantitative estimate of drug-likeness (QED) is 0.318. The lowest BCUT2D eigenvalue weighted by Gasteiger charge is -2.31. The van der Waals surface area contributed by atoms with Crippen molar-refractivity contribution in [2.75, 3.05) is 64.4 Å². The number of carbonyl (C=O) groups excluding carboxylic acids is 2. The van der Waals surface area contributed by atoms with Crippen molar-refractivity contribution in [3.05, 3.63) is 36.4 Å². The van der Waals surface area contributed by atoms with Crippen LogP contribution in [0.3, 0.4) is 0 Å². The molecule has 4 N–H and O–H groups in total. The molecule has 1 aromatic carbocycles. The molecule has 32 heavy (non-hydrogen) atoms. The van der Waals surface area contributed by atoms with E-state index in [1.165, 1.54) is 0 Å². The van der Waals surface area contributed by atoms with E-state index in [0.29, 0.717) is 22.9 Å². The van der Waals surface area contributed by atoms with Crippen LogP contribution in [0.5, 0.6) is 5.75 Å². The minimum Gasteiger partial charge on any atom is -0.423 e. The summed E-state index contributed by atoms with van der Waals surface area (Å²) in [6.07, 6.45) is 0. The molecule has 0 atom stereocenters. The van der Waals surface area contributed by atoms with Gasteiger partial charge in [0.2, 0.25) is 5.91 Å². The molecule has 0 radical (unpaired) electrons. The van der Waals surface area contributed by atoms with Crippen molar-refractivity contribution >= 4 is 34.9 Å². The molecular weight excluding hydrogens is 412 g/mol. The van der Waals surface area contributed by atoms with Crippen LogP contribution in [0.25, 0.3) is 0 Å². The number of nitrogen functional groups attached to an aromatic ring is 1. The van der Waals surface area contributed by atoms with Crippen LogP contribution in [0.15, 0.2) is 46.6 Å². The summed E-state index contributed by atoms with van der Waals surface area (Å²) in [6, 6.07) is 10.1. The van der Waals surface area contributed by atoms with Crippen LogP contribution in [0, 0.1) is 0 Å². The SMILES string of the molecule is CNCC(=O)Nc1ccc(N=Nc2ccccc2OC(=O)CN2CCN(C)CC2)c(N)n1. The number of esters is 1. The van der Waals surface area contributed by atoms with Gasteiger partial charge in [0.15, 0.2) is 11.6 Å². The number of aromatic nitrogens is 1. The number of amides is 1. The fourth-order valence-corrected chi connectivity index (χ4v) is 3.05. The van der Waals surface area contributed by atoms with Gasteiger partial charge in [-0.3, -0.25) is 14.5 Å². The molecular formula is C21H28N8O3. The number of hydrogen-bond donors (Lipinski definition) is 3. The van der Waals surface area contributed by atoms with E-state index >= 15 is 0 Å². The summed E-state index contributed by atoms with van der Waals surface area (Å²) >= 11 is 0. The maximum absolute atomic E-state index is 12.4. The first kappa shape index (κ1) is 23.3. The maximum Gasteiger partial charge on any atom is 0.325 e. The Morgan fingerprint density at radius 1 is 1.09 bits per heavy atom. The number of hydrogen-bond acceptors (Lipinski definition) is 10. The third-order valence-electron chi connectivity index (χ3n) is 4.81. The fourth-order valence-electron chi connectivity index (χ4n) is 3.05. The predicted octanol–water partition coefficient (Wildman–Crippen LogP) is 1.39. The molecule has 0 bridgehead atoms. The zero-order valence-electron chi connectivity index (χ0n) is 18.2. The Labute approximate surface area is 186 Å². The number of rotatable bonds is 8. The molecule has 1 aliphatic rings. The summed E-state index contributed by atoms with van der Waals surface area (Å²) in [5.41, 5.74) is 6.66. The van der Waals surface area contributed by atoms with Gasteiger partial charge in [-0.1, -0.05) is 12.1 Å². The molecule has 0 unspecified atom stereocenters. The molecule has 1 saturated heterocycles. The smallest absolute Gasteiger partial charge is 0.325 e. The van der Waals surface area contributed by atoms with Gasteiger partial charge >= 0.3 is 5.97 Å². The highest BCUT2D eigenvalue weighted by atomic mass is 16.5. The number of pyridine rings is 1. The van der Waals surface area contributed by atoms with Gasteiger partial charge in [-0.15, -0.1) is 10.2 Å². The number of azo groups is 1. The lowest BCUT2D eigenvalue weighted by Crippen LogP contribution is -2.46. The Bertz CT molecular complexity index is 973. The van der Waals surface area contributed by atoms with Crippen molar-refractivity contribution in [2.24, 2.45) is 10.2 Å². The molecule has 2 heterocycles. The van der Waals surface area contributed by atoms with Crippen LogP contribution < -0.4 is 21.1 Å². The zero-order valence-corrected chi connectivity index (χ0v) is 18.2. The van der Waals surface area contributed by atoms with Gasteiger partial charge in [0.25, 0.3) is 0 Å². The third-order valence-corrected chi connectivity index (χ3v) is 4.81. The number of nitrogens with one attached hydrogen (secondary N) is 2. The van der Waals surface area contributed by atoms with E-state index in [4.69, 9.17) is 10.5 Å². The van der Waals surface area contributed by atoms with Gasteiger partial charge in [-0.2, -0.15) is 0 Å². The summed E-state index contributed by atoms with van der Waals surface area (Å²) in [5, 5.41) is 13.7. The first-order chi connectivity index (χ1) is 15.4. The summed E-state index contributed by atoms with van der Waals surface area (Å²) < 4.78 is 5.53. The Balaban J connectivity index is 1.64. The molecule has 170 valence electrons. The fraction of sp³-hybridized carbons (Fsp3) is 0.381. The normalized spacial score (nSPS) is 15.1. The number of nitrogens with two attached hydrogens (primary N) is 1. The van der Waals surface area contributed by atoms with Gasteiger partial charge < -0.3 is 26.0 Å². The number of anilines is 2. The van der Waals surface area contributed by atoms with E-state index in [-0.39, 0.29) is 30.8 Å². The molecule has 0 spiro atoms. The summed E-state index contributed by atoms with van der Waals surface area (Å²) in [5.74, 6) is 0.166. The van der Waals surface area contributed by atoms with E-state index in [1.54, 1.807) is 43.4 Å². The molecule has 2 aromatic rings. The van der Waals surface area contributed by atoms with E-state index in [1.807, 2.05) is 0 Å². The third kappa shape index (κ3) is 6.80. The highest BCUT2D eigenvalue weighted by Crippen LogP contribution is 2.30. The summed E-state index contributed by atoms with van der Waals surface area (Å²) in [4.78, 5) is 32.4. The van der Waals surface area contributed by atoms with Crippen molar-refractivity contribution in [2.45, 2.75) is 0 Å². The summed E-state index contributed by atoms with van der Waals surface area (Å²) in [6.45, 7) is 3.87. The molecule has 0 saturated carbocycles. The second-order valence-corrected chi connectivity index (χ2v) is 7.40. The van der Waals surface area contributed by atoms with Gasteiger partial charge in [-0.05, 0) is 38.4 Å².